The van der Waals surface area contributed by atoms with E-state index in [1.807, 2.05) is 0 Å². The molecule has 158 valence electrons. The van der Waals surface area contributed by atoms with Crippen LogP contribution in [-0.4, -0.2) is 44.1 Å². The first-order valence-electron chi connectivity index (χ1n) is 10.6. The van der Waals surface area contributed by atoms with Gasteiger partial charge in [-0.1, -0.05) is 6.07 Å². The van der Waals surface area contributed by atoms with Gasteiger partial charge in [-0.15, -0.1) is 0 Å². The molecule has 0 bridgehead atoms. The summed E-state index contributed by atoms with van der Waals surface area (Å²) < 4.78 is 26.7. The number of nitrogens with zero attached hydrogens (tertiary/aromatic N) is 1. The largest absolute Gasteiger partial charge is 0.343 e. The maximum absolute atomic E-state index is 12.5. The standard InChI is InChI=1S/C21H29N3O4S/c1-24(16-10-11-16)19(25)9-4-12-29(27,28)23-21(26)22-20-17-7-2-5-14(17)13-15-6-3-8-18(15)20/h13,16H,2-12H2,1H3,(H2,22,23,26). The number of urea groups is 1. The van der Waals surface area contributed by atoms with Gasteiger partial charge in [-0.05, 0) is 80.0 Å². The zero-order valence-corrected chi connectivity index (χ0v) is 17.7. The number of hydrogen-bond acceptors (Lipinski definition) is 4. The Balaban J connectivity index is 1.34. The van der Waals surface area contributed by atoms with Crippen molar-refractivity contribution in [2.45, 2.75) is 70.3 Å². The average Bonchev–Trinajstić information content (AvgIpc) is 3.21. The second-order valence-electron chi connectivity index (χ2n) is 8.45. The van der Waals surface area contributed by atoms with E-state index in [0.29, 0.717) is 6.04 Å². The van der Waals surface area contributed by atoms with Gasteiger partial charge in [0.05, 0.1) is 5.75 Å². The number of carbonyl (C=O) groups is 2. The van der Waals surface area contributed by atoms with Crippen LogP contribution in [0.2, 0.25) is 0 Å². The fraction of sp³-hybridized carbons (Fsp3) is 0.619. The van der Waals surface area contributed by atoms with Crippen molar-refractivity contribution in [1.29, 1.82) is 0 Å². The van der Waals surface area contributed by atoms with Gasteiger partial charge in [0.2, 0.25) is 15.9 Å². The highest BCUT2D eigenvalue weighted by Crippen LogP contribution is 2.38. The van der Waals surface area contributed by atoms with Crippen LogP contribution in [0.4, 0.5) is 10.5 Å². The first-order valence-corrected chi connectivity index (χ1v) is 12.2. The fourth-order valence-electron chi connectivity index (χ4n) is 4.55. The molecule has 0 unspecified atom stereocenters. The summed E-state index contributed by atoms with van der Waals surface area (Å²) in [5.41, 5.74) is 5.70. The van der Waals surface area contributed by atoms with Crippen molar-refractivity contribution in [3.8, 4) is 0 Å². The minimum Gasteiger partial charge on any atom is -0.343 e. The number of aryl methyl sites for hydroxylation is 2. The monoisotopic (exact) mass is 419 g/mol. The molecule has 1 fully saturated rings. The third kappa shape index (κ3) is 4.57. The number of fused-ring (bicyclic) bond motifs is 2. The molecule has 8 heteroatoms. The molecule has 0 aromatic heterocycles. The number of sulfonamides is 1. The molecule has 7 nitrogen and oxygen atoms in total. The quantitative estimate of drug-likeness (QED) is 0.710. The zero-order valence-electron chi connectivity index (χ0n) is 16.9. The van der Waals surface area contributed by atoms with E-state index >= 15 is 0 Å². The van der Waals surface area contributed by atoms with E-state index in [1.165, 1.54) is 11.1 Å². The molecule has 0 heterocycles. The Hall–Kier alpha value is -2.09. The summed E-state index contributed by atoms with van der Waals surface area (Å²) in [6.45, 7) is 0. The normalized spacial score (nSPS) is 17.6. The van der Waals surface area contributed by atoms with Crippen molar-refractivity contribution >= 4 is 27.6 Å². The van der Waals surface area contributed by atoms with Crippen LogP contribution < -0.4 is 10.0 Å². The minimum atomic E-state index is -3.79. The topological polar surface area (TPSA) is 95.6 Å². The predicted molar refractivity (Wildman–Crippen MR) is 111 cm³/mol. The first-order chi connectivity index (χ1) is 13.8. The van der Waals surface area contributed by atoms with Crippen LogP contribution in [-0.2, 0) is 40.5 Å². The van der Waals surface area contributed by atoms with Crippen molar-refractivity contribution < 1.29 is 18.0 Å². The summed E-state index contributed by atoms with van der Waals surface area (Å²) in [6, 6.07) is 1.87. The molecule has 3 aliphatic carbocycles. The summed E-state index contributed by atoms with van der Waals surface area (Å²) in [6.07, 6.45) is 8.42. The fourth-order valence-corrected chi connectivity index (χ4v) is 5.51. The highest BCUT2D eigenvalue weighted by Gasteiger charge is 2.29. The Morgan fingerprint density at radius 3 is 2.28 bits per heavy atom. The molecule has 29 heavy (non-hydrogen) atoms. The zero-order chi connectivity index (χ0) is 20.6. The first kappa shape index (κ1) is 20.2. The van der Waals surface area contributed by atoms with Gasteiger partial charge in [-0.3, -0.25) is 4.79 Å². The van der Waals surface area contributed by atoms with Gasteiger partial charge >= 0.3 is 6.03 Å². The van der Waals surface area contributed by atoms with Gasteiger partial charge in [-0.25, -0.2) is 17.9 Å². The van der Waals surface area contributed by atoms with Gasteiger partial charge in [0.1, 0.15) is 0 Å². The van der Waals surface area contributed by atoms with Gasteiger partial charge < -0.3 is 10.2 Å². The van der Waals surface area contributed by atoms with Crippen LogP contribution >= 0.6 is 0 Å². The molecule has 0 radical (unpaired) electrons. The summed E-state index contributed by atoms with van der Waals surface area (Å²) >= 11 is 0. The number of carbonyl (C=O) groups excluding carboxylic acids is 2. The highest BCUT2D eigenvalue weighted by molar-refractivity contribution is 7.90. The Bertz CT molecular complexity index is 905. The maximum atomic E-state index is 12.5. The van der Waals surface area contributed by atoms with Crippen LogP contribution in [0.3, 0.4) is 0 Å². The maximum Gasteiger partial charge on any atom is 0.332 e. The summed E-state index contributed by atoms with van der Waals surface area (Å²) in [5.74, 6) is -0.280. The molecule has 0 spiro atoms. The average molecular weight is 420 g/mol. The van der Waals surface area contributed by atoms with E-state index in [1.54, 1.807) is 11.9 Å². The third-order valence-corrected chi connectivity index (χ3v) is 7.57. The lowest BCUT2D eigenvalue weighted by atomic mass is 9.99. The Kier molecular flexibility index (Phi) is 5.55. The van der Waals surface area contributed by atoms with Gasteiger partial charge in [-0.2, -0.15) is 0 Å². The number of hydrogen-bond donors (Lipinski definition) is 2. The van der Waals surface area contributed by atoms with E-state index in [2.05, 4.69) is 16.1 Å². The van der Waals surface area contributed by atoms with Crippen LogP contribution in [0.5, 0.6) is 0 Å². The smallest absolute Gasteiger partial charge is 0.332 e. The summed E-state index contributed by atoms with van der Waals surface area (Å²) in [4.78, 5) is 26.2. The SMILES string of the molecule is CN(C(=O)CCCS(=O)(=O)NC(=O)Nc1c2c(cc3c1CCC3)CCC2)C1CC1. The number of rotatable bonds is 7. The molecule has 2 N–H and O–H groups in total. The Labute approximate surface area is 172 Å². The van der Waals surface area contributed by atoms with Crippen molar-refractivity contribution in [2.24, 2.45) is 0 Å². The predicted octanol–water partition coefficient (Wildman–Crippen LogP) is 2.52. The molecule has 0 aliphatic heterocycles. The van der Waals surface area contributed by atoms with Crippen molar-refractivity contribution in [2.75, 3.05) is 18.1 Å². The molecular weight excluding hydrogens is 390 g/mol. The molecule has 0 atom stereocenters. The van der Waals surface area contributed by atoms with Gasteiger partial charge in [0.25, 0.3) is 0 Å². The summed E-state index contributed by atoms with van der Waals surface area (Å²) in [5, 5.41) is 2.83. The van der Waals surface area contributed by atoms with E-state index in [4.69, 9.17) is 0 Å². The Morgan fingerprint density at radius 2 is 1.69 bits per heavy atom. The van der Waals surface area contributed by atoms with Crippen LogP contribution in [0.25, 0.3) is 0 Å². The number of anilines is 1. The number of benzene rings is 1. The lowest BCUT2D eigenvalue weighted by Crippen LogP contribution is -2.37. The Morgan fingerprint density at radius 1 is 1.07 bits per heavy atom. The lowest BCUT2D eigenvalue weighted by molar-refractivity contribution is -0.130. The van der Waals surface area contributed by atoms with Crippen LogP contribution in [0.15, 0.2) is 6.07 Å². The van der Waals surface area contributed by atoms with E-state index in [-0.39, 0.29) is 24.5 Å². The van der Waals surface area contributed by atoms with E-state index < -0.39 is 16.1 Å². The van der Waals surface area contributed by atoms with Crippen LogP contribution in [0.1, 0.15) is 60.8 Å². The molecule has 1 aromatic rings. The minimum absolute atomic E-state index is 0.0393. The lowest BCUT2D eigenvalue weighted by Gasteiger charge is -2.17. The number of amides is 3. The molecule has 1 saturated carbocycles. The highest BCUT2D eigenvalue weighted by atomic mass is 32.2. The van der Waals surface area contributed by atoms with Crippen LogP contribution in [0, 0.1) is 0 Å². The third-order valence-electron chi connectivity index (χ3n) is 6.25. The molecule has 4 rings (SSSR count). The molecule has 0 saturated heterocycles. The summed E-state index contributed by atoms with van der Waals surface area (Å²) in [7, 11) is -2.03. The van der Waals surface area contributed by atoms with Gasteiger partial charge in [0, 0.05) is 25.2 Å². The van der Waals surface area contributed by atoms with Crippen molar-refractivity contribution in [3.63, 3.8) is 0 Å². The molecule has 3 aliphatic rings. The number of nitrogens with one attached hydrogen (secondary N) is 2. The van der Waals surface area contributed by atoms with E-state index in [0.717, 1.165) is 68.2 Å². The molecule has 3 amide bonds. The molecule has 1 aromatic carbocycles. The van der Waals surface area contributed by atoms with Crippen molar-refractivity contribution in [3.05, 3.63) is 28.3 Å². The molecular formula is C21H29N3O4S. The van der Waals surface area contributed by atoms with E-state index in [9.17, 15) is 18.0 Å². The van der Waals surface area contributed by atoms with Gasteiger partial charge in [0.15, 0.2) is 0 Å². The van der Waals surface area contributed by atoms with Crippen molar-refractivity contribution in [1.82, 2.24) is 9.62 Å². The second kappa shape index (κ2) is 7.97. The second-order valence-corrected chi connectivity index (χ2v) is 10.3.